The maximum Gasteiger partial charge on any atom is 0.335 e. The molecule has 108 valence electrons. The second-order valence-electron chi connectivity index (χ2n) is 5.14. The molecule has 0 radical (unpaired) electrons. The van der Waals surface area contributed by atoms with E-state index in [4.69, 9.17) is 5.11 Å². The zero-order valence-corrected chi connectivity index (χ0v) is 11.6. The molecule has 1 heterocycles. The van der Waals surface area contributed by atoms with Crippen LogP contribution in [0.3, 0.4) is 0 Å². The van der Waals surface area contributed by atoms with Crippen molar-refractivity contribution in [3.8, 4) is 0 Å². The molecule has 0 saturated carbocycles. The Morgan fingerprint density at radius 3 is 2.65 bits per heavy atom. The van der Waals surface area contributed by atoms with Gasteiger partial charge < -0.3 is 15.3 Å². The molecule has 1 aromatic rings. The predicted molar refractivity (Wildman–Crippen MR) is 75.9 cm³/mol. The van der Waals surface area contributed by atoms with Crippen molar-refractivity contribution in [1.29, 1.82) is 0 Å². The number of carboxylic acids is 1. The molecule has 2 amide bonds. The van der Waals surface area contributed by atoms with Crippen LogP contribution in [0.2, 0.25) is 0 Å². The van der Waals surface area contributed by atoms with E-state index in [1.165, 1.54) is 0 Å². The minimum atomic E-state index is -0.903. The molecule has 5 nitrogen and oxygen atoms in total. The highest BCUT2D eigenvalue weighted by atomic mass is 16.4. The summed E-state index contributed by atoms with van der Waals surface area (Å²) in [5.74, 6) is -0.451. The van der Waals surface area contributed by atoms with Gasteiger partial charge in [-0.1, -0.05) is 12.1 Å². The van der Waals surface area contributed by atoms with Gasteiger partial charge in [0.25, 0.3) is 0 Å². The zero-order valence-electron chi connectivity index (χ0n) is 11.6. The summed E-state index contributed by atoms with van der Waals surface area (Å²) in [7, 11) is 0. The lowest BCUT2D eigenvalue weighted by Crippen LogP contribution is -2.38. The van der Waals surface area contributed by atoms with Crippen LogP contribution < -0.4 is 5.32 Å². The number of nitrogens with one attached hydrogen (secondary N) is 1. The summed E-state index contributed by atoms with van der Waals surface area (Å²) >= 11 is 0. The average Bonchev–Trinajstić information content (AvgIpc) is 2.88. The number of carbonyl (C=O) groups is 2. The predicted octanol–water partition coefficient (Wildman–Crippen LogP) is 1.98. The maximum absolute atomic E-state index is 11.7. The van der Waals surface area contributed by atoms with Crippen molar-refractivity contribution in [2.24, 2.45) is 5.92 Å². The second-order valence-corrected chi connectivity index (χ2v) is 5.14. The standard InChI is InChI=1S/C15H20N2O3/c1-2-16-15(20)17-8-7-12(10-17)9-11-3-5-13(6-4-11)14(18)19/h3-6,12H,2,7-10H2,1H3,(H,16,20)(H,18,19). The number of carboxylic acid groups (broad SMARTS) is 1. The van der Waals surface area contributed by atoms with Crippen LogP contribution in [0.1, 0.15) is 29.3 Å². The van der Waals surface area contributed by atoms with E-state index in [0.29, 0.717) is 18.0 Å². The highest BCUT2D eigenvalue weighted by molar-refractivity contribution is 5.87. The van der Waals surface area contributed by atoms with Gasteiger partial charge in [-0.3, -0.25) is 0 Å². The van der Waals surface area contributed by atoms with Gasteiger partial charge in [-0.2, -0.15) is 0 Å². The Labute approximate surface area is 118 Å². The summed E-state index contributed by atoms with van der Waals surface area (Å²) in [6.45, 7) is 4.13. The van der Waals surface area contributed by atoms with E-state index >= 15 is 0 Å². The second kappa shape index (κ2) is 6.41. The summed E-state index contributed by atoms with van der Waals surface area (Å²) < 4.78 is 0. The third kappa shape index (κ3) is 3.50. The van der Waals surface area contributed by atoms with Gasteiger partial charge in [-0.05, 0) is 43.4 Å². The first-order valence-electron chi connectivity index (χ1n) is 6.95. The van der Waals surface area contributed by atoms with Crippen molar-refractivity contribution in [2.45, 2.75) is 19.8 Å². The maximum atomic E-state index is 11.7. The molecule has 0 bridgehead atoms. The molecule has 0 spiro atoms. The average molecular weight is 276 g/mol. The van der Waals surface area contributed by atoms with Crippen molar-refractivity contribution in [2.75, 3.05) is 19.6 Å². The molecule has 1 unspecified atom stereocenters. The van der Waals surface area contributed by atoms with Crippen LogP contribution in [-0.4, -0.2) is 41.6 Å². The van der Waals surface area contributed by atoms with Crippen molar-refractivity contribution >= 4 is 12.0 Å². The van der Waals surface area contributed by atoms with Gasteiger partial charge in [0.1, 0.15) is 0 Å². The minimum Gasteiger partial charge on any atom is -0.478 e. The lowest BCUT2D eigenvalue weighted by molar-refractivity contribution is 0.0697. The fraction of sp³-hybridized carbons (Fsp3) is 0.467. The number of hydrogen-bond donors (Lipinski definition) is 2. The molecule has 5 heteroatoms. The zero-order chi connectivity index (χ0) is 14.5. The summed E-state index contributed by atoms with van der Waals surface area (Å²) in [6, 6.07) is 7.00. The first-order chi connectivity index (χ1) is 9.60. The van der Waals surface area contributed by atoms with Gasteiger partial charge in [0.2, 0.25) is 0 Å². The van der Waals surface area contributed by atoms with Gasteiger partial charge in [-0.15, -0.1) is 0 Å². The third-order valence-electron chi connectivity index (χ3n) is 3.63. The van der Waals surface area contributed by atoms with Crippen molar-refractivity contribution in [3.63, 3.8) is 0 Å². The highest BCUT2D eigenvalue weighted by Gasteiger charge is 2.25. The molecule has 0 aromatic heterocycles. The van der Waals surface area contributed by atoms with Crippen LogP contribution in [-0.2, 0) is 6.42 Å². The largest absolute Gasteiger partial charge is 0.478 e. The molecule has 2 rings (SSSR count). The van der Waals surface area contributed by atoms with Crippen LogP contribution in [0, 0.1) is 5.92 Å². The normalized spacial score (nSPS) is 18.1. The molecule has 1 aliphatic rings. The molecular formula is C15H20N2O3. The third-order valence-corrected chi connectivity index (χ3v) is 3.63. The molecule has 0 aliphatic carbocycles. The van der Waals surface area contributed by atoms with Crippen molar-refractivity contribution in [1.82, 2.24) is 10.2 Å². The van der Waals surface area contributed by atoms with Crippen LogP contribution in [0.15, 0.2) is 24.3 Å². The van der Waals surface area contributed by atoms with E-state index in [0.717, 1.165) is 31.5 Å². The Balaban J connectivity index is 1.88. The first-order valence-corrected chi connectivity index (χ1v) is 6.95. The van der Waals surface area contributed by atoms with Gasteiger partial charge >= 0.3 is 12.0 Å². The summed E-state index contributed by atoms with van der Waals surface area (Å²) in [4.78, 5) is 24.3. The fourth-order valence-corrected chi connectivity index (χ4v) is 2.56. The quantitative estimate of drug-likeness (QED) is 0.883. The smallest absolute Gasteiger partial charge is 0.335 e. The molecule has 2 N–H and O–H groups in total. The van der Waals surface area contributed by atoms with E-state index in [1.807, 2.05) is 24.0 Å². The molecule has 1 saturated heterocycles. The SMILES string of the molecule is CCNC(=O)N1CCC(Cc2ccc(C(=O)O)cc2)C1. The number of benzene rings is 1. The summed E-state index contributed by atoms with van der Waals surface area (Å²) in [6.07, 6.45) is 1.88. The van der Waals surface area contributed by atoms with E-state index in [2.05, 4.69) is 5.32 Å². The Morgan fingerprint density at radius 2 is 2.05 bits per heavy atom. The molecule has 1 atom stereocenters. The number of aromatic carboxylic acids is 1. The summed E-state index contributed by atoms with van der Waals surface area (Å²) in [5, 5.41) is 11.7. The van der Waals surface area contributed by atoms with Gasteiger partial charge in [0, 0.05) is 19.6 Å². The van der Waals surface area contributed by atoms with Crippen LogP contribution in [0.5, 0.6) is 0 Å². The molecular weight excluding hydrogens is 256 g/mol. The first kappa shape index (κ1) is 14.4. The Morgan fingerprint density at radius 1 is 1.35 bits per heavy atom. The van der Waals surface area contributed by atoms with Crippen molar-refractivity contribution in [3.05, 3.63) is 35.4 Å². The Bertz CT molecular complexity index is 484. The lowest BCUT2D eigenvalue weighted by atomic mass is 9.98. The molecule has 1 fully saturated rings. The number of amides is 2. The Kier molecular flexibility index (Phi) is 4.61. The topological polar surface area (TPSA) is 69.6 Å². The minimum absolute atomic E-state index is 0.0104. The van der Waals surface area contributed by atoms with E-state index < -0.39 is 5.97 Å². The number of nitrogens with zero attached hydrogens (tertiary/aromatic N) is 1. The summed E-state index contributed by atoms with van der Waals surface area (Å²) in [5.41, 5.74) is 1.43. The van der Waals surface area contributed by atoms with Gasteiger partial charge in [0.05, 0.1) is 5.56 Å². The molecule has 20 heavy (non-hydrogen) atoms. The van der Waals surface area contributed by atoms with Crippen LogP contribution in [0.4, 0.5) is 4.79 Å². The Hall–Kier alpha value is -2.04. The number of rotatable bonds is 4. The van der Waals surface area contributed by atoms with E-state index in [-0.39, 0.29) is 6.03 Å². The van der Waals surface area contributed by atoms with Crippen LogP contribution >= 0.6 is 0 Å². The van der Waals surface area contributed by atoms with E-state index in [9.17, 15) is 9.59 Å². The number of hydrogen-bond acceptors (Lipinski definition) is 2. The number of likely N-dealkylation sites (tertiary alicyclic amines) is 1. The fourth-order valence-electron chi connectivity index (χ4n) is 2.56. The lowest BCUT2D eigenvalue weighted by Gasteiger charge is -2.16. The van der Waals surface area contributed by atoms with Gasteiger partial charge in [0.15, 0.2) is 0 Å². The highest BCUT2D eigenvalue weighted by Crippen LogP contribution is 2.21. The monoisotopic (exact) mass is 276 g/mol. The van der Waals surface area contributed by atoms with E-state index in [1.54, 1.807) is 12.1 Å². The number of urea groups is 1. The van der Waals surface area contributed by atoms with Crippen molar-refractivity contribution < 1.29 is 14.7 Å². The number of carbonyl (C=O) groups excluding carboxylic acids is 1. The molecule has 1 aliphatic heterocycles. The van der Waals surface area contributed by atoms with Crippen LogP contribution in [0.25, 0.3) is 0 Å². The molecule has 1 aromatic carbocycles. The van der Waals surface area contributed by atoms with Gasteiger partial charge in [-0.25, -0.2) is 9.59 Å².